The van der Waals surface area contributed by atoms with Crippen molar-refractivity contribution in [3.8, 4) is 5.88 Å². The van der Waals surface area contributed by atoms with E-state index in [9.17, 15) is 14.4 Å². The van der Waals surface area contributed by atoms with Gasteiger partial charge in [0.2, 0.25) is 11.8 Å². The third-order valence-corrected chi connectivity index (χ3v) is 3.46. The van der Waals surface area contributed by atoms with Crippen LogP contribution in [0.4, 0.5) is 0 Å². The molecule has 6 heteroatoms. The Hall–Kier alpha value is -2.76. The third kappa shape index (κ3) is 3.53. The van der Waals surface area contributed by atoms with Crippen LogP contribution in [-0.2, 0) is 19.1 Å². The molecule has 1 heterocycles. The lowest BCUT2D eigenvalue weighted by molar-refractivity contribution is -0.160. The number of ether oxygens (including phenoxy) is 2. The van der Waals surface area contributed by atoms with Crippen molar-refractivity contribution < 1.29 is 23.9 Å². The molecule has 118 valence electrons. The molecule has 0 aliphatic heterocycles. The molecule has 6 nitrogen and oxygen atoms in total. The molecule has 3 rings (SSSR count). The molecule has 1 atom stereocenters. The number of benzene rings is 1. The molecule has 1 aliphatic carbocycles. The summed E-state index contributed by atoms with van der Waals surface area (Å²) < 4.78 is 10.1. The fourth-order valence-corrected chi connectivity index (χ4v) is 2.11. The summed E-state index contributed by atoms with van der Waals surface area (Å²) in [5.41, 5.74) is 0.651. The number of carbonyl (C=O) groups is 3. The molecule has 0 bridgehead atoms. The SMILES string of the molecule is CC(=O)C(C(=O)Oc1ccc2ccccc2n1)C(=O)OC1CC1. The molecular formula is C17H15NO5. The summed E-state index contributed by atoms with van der Waals surface area (Å²) in [6.07, 6.45) is 1.34. The van der Waals surface area contributed by atoms with Crippen molar-refractivity contribution in [3.05, 3.63) is 36.4 Å². The standard InChI is InChI=1S/C17H15NO5/c1-10(19)15(16(20)22-12-7-8-12)17(21)23-14-9-6-11-4-2-3-5-13(11)18-14/h2-6,9,12,15H,7-8H2,1H3. The van der Waals surface area contributed by atoms with Crippen LogP contribution >= 0.6 is 0 Å². The number of nitrogens with zero attached hydrogens (tertiary/aromatic N) is 1. The van der Waals surface area contributed by atoms with E-state index in [0.29, 0.717) is 5.52 Å². The number of pyridine rings is 1. The van der Waals surface area contributed by atoms with Crippen LogP contribution < -0.4 is 4.74 Å². The molecule has 0 spiro atoms. The van der Waals surface area contributed by atoms with Gasteiger partial charge in [-0.1, -0.05) is 18.2 Å². The van der Waals surface area contributed by atoms with E-state index in [0.717, 1.165) is 25.2 Å². The van der Waals surface area contributed by atoms with Crippen LogP contribution in [0.5, 0.6) is 5.88 Å². The average Bonchev–Trinajstić information content (AvgIpc) is 3.30. The lowest BCUT2D eigenvalue weighted by Gasteiger charge is -2.12. The first-order chi connectivity index (χ1) is 11.0. The van der Waals surface area contributed by atoms with Crippen molar-refractivity contribution in [3.63, 3.8) is 0 Å². The minimum absolute atomic E-state index is 0.0409. The molecule has 23 heavy (non-hydrogen) atoms. The van der Waals surface area contributed by atoms with Gasteiger partial charge in [-0.25, -0.2) is 4.98 Å². The number of fused-ring (bicyclic) bond motifs is 1. The van der Waals surface area contributed by atoms with E-state index >= 15 is 0 Å². The first kappa shape index (κ1) is 15.1. The number of hydrogen-bond donors (Lipinski definition) is 0. The van der Waals surface area contributed by atoms with Gasteiger partial charge in [0.25, 0.3) is 0 Å². The third-order valence-electron chi connectivity index (χ3n) is 3.46. The van der Waals surface area contributed by atoms with E-state index in [4.69, 9.17) is 9.47 Å². The second-order valence-electron chi connectivity index (χ2n) is 5.44. The van der Waals surface area contributed by atoms with E-state index in [-0.39, 0.29) is 12.0 Å². The lowest BCUT2D eigenvalue weighted by atomic mass is 10.1. The fraction of sp³-hybridized carbons (Fsp3) is 0.294. The molecule has 1 aromatic heterocycles. The van der Waals surface area contributed by atoms with Crippen LogP contribution in [-0.4, -0.2) is 28.8 Å². The van der Waals surface area contributed by atoms with Crippen LogP contribution in [0.25, 0.3) is 10.9 Å². The average molecular weight is 313 g/mol. The van der Waals surface area contributed by atoms with Crippen molar-refractivity contribution in [2.24, 2.45) is 5.92 Å². The summed E-state index contributed by atoms with van der Waals surface area (Å²) in [4.78, 5) is 39.9. The zero-order valence-electron chi connectivity index (χ0n) is 12.5. The van der Waals surface area contributed by atoms with Gasteiger partial charge in [0.15, 0.2) is 5.78 Å². The van der Waals surface area contributed by atoms with Crippen molar-refractivity contribution in [1.29, 1.82) is 0 Å². The number of hydrogen-bond acceptors (Lipinski definition) is 6. The Labute approximate surface area is 132 Å². The second-order valence-corrected chi connectivity index (χ2v) is 5.44. The summed E-state index contributed by atoms with van der Waals surface area (Å²) in [5.74, 6) is -3.96. The predicted octanol–water partition coefficient (Wildman–Crippen LogP) is 2.05. The number of ketones is 1. The van der Waals surface area contributed by atoms with Crippen LogP contribution in [0, 0.1) is 5.92 Å². The Kier molecular flexibility index (Phi) is 4.06. The number of rotatable bonds is 5. The molecule has 0 radical (unpaired) electrons. The Morgan fingerprint density at radius 3 is 2.52 bits per heavy atom. The molecular weight excluding hydrogens is 298 g/mol. The van der Waals surface area contributed by atoms with Crippen molar-refractivity contribution in [2.45, 2.75) is 25.9 Å². The molecule has 1 fully saturated rings. The molecule has 2 aromatic rings. The highest BCUT2D eigenvalue weighted by atomic mass is 16.6. The van der Waals surface area contributed by atoms with E-state index in [1.807, 2.05) is 18.2 Å². The first-order valence-corrected chi connectivity index (χ1v) is 7.33. The molecule has 1 aromatic carbocycles. The topological polar surface area (TPSA) is 82.6 Å². The number of Topliss-reactive ketones (excluding diaryl/α,β-unsaturated/α-hetero) is 1. The predicted molar refractivity (Wildman–Crippen MR) is 80.7 cm³/mol. The van der Waals surface area contributed by atoms with E-state index in [1.54, 1.807) is 12.1 Å². The normalized spacial score (nSPS) is 15.0. The highest BCUT2D eigenvalue weighted by molar-refractivity contribution is 6.14. The molecule has 0 saturated heterocycles. The van der Waals surface area contributed by atoms with Gasteiger partial charge < -0.3 is 9.47 Å². The minimum Gasteiger partial charge on any atom is -0.461 e. The number of carbonyl (C=O) groups excluding carboxylic acids is 3. The Balaban J connectivity index is 1.76. The second kappa shape index (κ2) is 6.16. The molecule has 0 amide bonds. The Morgan fingerprint density at radius 2 is 1.83 bits per heavy atom. The molecule has 1 unspecified atom stereocenters. The zero-order valence-corrected chi connectivity index (χ0v) is 12.5. The van der Waals surface area contributed by atoms with Crippen molar-refractivity contribution >= 4 is 28.6 Å². The largest absolute Gasteiger partial charge is 0.461 e. The lowest BCUT2D eigenvalue weighted by Crippen LogP contribution is -2.35. The highest BCUT2D eigenvalue weighted by Crippen LogP contribution is 2.25. The first-order valence-electron chi connectivity index (χ1n) is 7.33. The minimum atomic E-state index is -1.57. The van der Waals surface area contributed by atoms with Gasteiger partial charge in [0.05, 0.1) is 5.52 Å². The monoisotopic (exact) mass is 313 g/mol. The van der Waals surface area contributed by atoms with Crippen LogP contribution in [0.1, 0.15) is 19.8 Å². The summed E-state index contributed by atoms with van der Waals surface area (Å²) in [6, 6.07) is 10.6. The Morgan fingerprint density at radius 1 is 1.09 bits per heavy atom. The number of esters is 2. The maximum absolute atomic E-state index is 12.1. The van der Waals surface area contributed by atoms with E-state index < -0.39 is 23.6 Å². The van der Waals surface area contributed by atoms with Gasteiger partial charge in [0, 0.05) is 11.5 Å². The number of para-hydroxylation sites is 1. The quantitative estimate of drug-likeness (QED) is 0.620. The fourth-order valence-electron chi connectivity index (χ4n) is 2.11. The molecule has 0 N–H and O–H groups in total. The van der Waals surface area contributed by atoms with Crippen molar-refractivity contribution in [2.75, 3.05) is 0 Å². The summed E-state index contributed by atoms with van der Waals surface area (Å²) >= 11 is 0. The van der Waals surface area contributed by atoms with Gasteiger partial charge >= 0.3 is 11.9 Å². The smallest absolute Gasteiger partial charge is 0.334 e. The summed E-state index contributed by atoms with van der Waals surface area (Å²) in [6.45, 7) is 1.16. The van der Waals surface area contributed by atoms with E-state index in [1.165, 1.54) is 6.07 Å². The van der Waals surface area contributed by atoms with Gasteiger partial charge in [-0.2, -0.15) is 0 Å². The highest BCUT2D eigenvalue weighted by Gasteiger charge is 2.38. The van der Waals surface area contributed by atoms with Gasteiger partial charge in [-0.05, 0) is 31.9 Å². The Bertz CT molecular complexity index is 781. The van der Waals surface area contributed by atoms with E-state index in [2.05, 4.69) is 4.98 Å². The molecule has 1 saturated carbocycles. The van der Waals surface area contributed by atoms with Crippen LogP contribution in [0.3, 0.4) is 0 Å². The van der Waals surface area contributed by atoms with Crippen LogP contribution in [0.2, 0.25) is 0 Å². The maximum Gasteiger partial charge on any atom is 0.334 e. The van der Waals surface area contributed by atoms with Gasteiger partial charge in [0.1, 0.15) is 6.10 Å². The summed E-state index contributed by atoms with van der Waals surface area (Å²) in [5, 5.41) is 0.892. The van der Waals surface area contributed by atoms with Crippen molar-refractivity contribution in [1.82, 2.24) is 4.98 Å². The van der Waals surface area contributed by atoms with Gasteiger partial charge in [-0.15, -0.1) is 0 Å². The summed E-state index contributed by atoms with van der Waals surface area (Å²) in [7, 11) is 0. The maximum atomic E-state index is 12.1. The van der Waals surface area contributed by atoms with Gasteiger partial charge in [-0.3, -0.25) is 14.4 Å². The van der Waals surface area contributed by atoms with Crippen LogP contribution in [0.15, 0.2) is 36.4 Å². The molecule has 1 aliphatic rings. The number of aromatic nitrogens is 1. The zero-order chi connectivity index (χ0) is 16.4.